The molecule has 0 saturated heterocycles. The largest absolute Gasteiger partial charge is 0.392 e. The molecule has 0 radical (unpaired) electrons. The van der Waals surface area contributed by atoms with E-state index in [-0.39, 0.29) is 18.1 Å². The van der Waals surface area contributed by atoms with Crippen molar-refractivity contribution < 1.29 is 9.90 Å². The molecule has 2 N–H and O–H groups in total. The normalized spacial score (nSPS) is 11.4. The first-order chi connectivity index (χ1) is 8.90. The molecule has 0 unspecified atom stereocenters. The zero-order valence-electron chi connectivity index (χ0n) is 11.9. The van der Waals surface area contributed by atoms with Crippen LogP contribution in [0.4, 0.5) is 0 Å². The third kappa shape index (κ3) is 7.23. The van der Waals surface area contributed by atoms with Crippen molar-refractivity contribution in [3.8, 4) is 0 Å². The molecular formula is C15H23NO2S. The van der Waals surface area contributed by atoms with Crippen molar-refractivity contribution in [1.29, 1.82) is 0 Å². The summed E-state index contributed by atoms with van der Waals surface area (Å²) in [5.41, 5.74) is 2.00. The van der Waals surface area contributed by atoms with Crippen molar-refractivity contribution >= 4 is 17.7 Å². The minimum Gasteiger partial charge on any atom is -0.392 e. The summed E-state index contributed by atoms with van der Waals surface area (Å²) >= 11 is 1.75. The van der Waals surface area contributed by atoms with Gasteiger partial charge in [-0.05, 0) is 31.9 Å². The van der Waals surface area contributed by atoms with E-state index in [4.69, 9.17) is 5.11 Å². The molecule has 0 aliphatic rings. The molecule has 0 aliphatic carbocycles. The van der Waals surface area contributed by atoms with Gasteiger partial charge in [-0.1, -0.05) is 24.3 Å². The molecule has 1 aromatic carbocycles. The highest BCUT2D eigenvalue weighted by Crippen LogP contribution is 2.14. The molecule has 3 nitrogen and oxygen atoms in total. The molecule has 4 heteroatoms. The Bertz CT molecular complexity index is 396. The number of aliphatic hydroxyl groups excluding tert-OH is 1. The van der Waals surface area contributed by atoms with E-state index in [2.05, 4.69) is 5.32 Å². The smallest absolute Gasteiger partial charge is 0.221 e. The number of thioether (sulfide) groups is 1. The first-order valence-corrected chi connectivity index (χ1v) is 7.63. The Morgan fingerprint density at radius 1 is 1.21 bits per heavy atom. The Morgan fingerprint density at radius 2 is 1.79 bits per heavy atom. The van der Waals surface area contributed by atoms with Gasteiger partial charge in [0.2, 0.25) is 5.91 Å². The molecule has 0 spiro atoms. The lowest BCUT2D eigenvalue weighted by Gasteiger charge is -2.20. The van der Waals surface area contributed by atoms with Gasteiger partial charge < -0.3 is 10.4 Å². The number of carbonyl (C=O) groups excluding carboxylic acids is 1. The molecule has 106 valence electrons. The molecule has 0 atom stereocenters. The molecule has 0 heterocycles. The van der Waals surface area contributed by atoms with E-state index in [0.29, 0.717) is 6.42 Å². The monoisotopic (exact) mass is 281 g/mol. The Labute approximate surface area is 119 Å². The van der Waals surface area contributed by atoms with E-state index in [1.165, 1.54) is 5.56 Å². The molecule has 0 aromatic heterocycles. The Balaban J connectivity index is 2.21. The Morgan fingerprint density at radius 3 is 2.32 bits per heavy atom. The summed E-state index contributed by atoms with van der Waals surface area (Å²) in [6, 6.07) is 7.91. The predicted octanol–water partition coefficient (Wildman–Crippen LogP) is 2.72. The second kappa shape index (κ2) is 7.56. The fraction of sp³-hybridized carbons (Fsp3) is 0.533. The quantitative estimate of drug-likeness (QED) is 0.788. The standard InChI is InChI=1S/C15H23NO2S/c1-15(2,3)16-14(18)8-9-19-11-13-6-4-12(10-17)5-7-13/h4-7,17H,8-11H2,1-3H3,(H,16,18). The van der Waals surface area contributed by atoms with Crippen LogP contribution in [0.2, 0.25) is 0 Å². The first-order valence-electron chi connectivity index (χ1n) is 6.48. The van der Waals surface area contributed by atoms with Gasteiger partial charge in [-0.25, -0.2) is 0 Å². The fourth-order valence-corrected chi connectivity index (χ4v) is 2.48. The van der Waals surface area contributed by atoms with Gasteiger partial charge in [-0.15, -0.1) is 0 Å². The molecule has 0 aliphatic heterocycles. The van der Waals surface area contributed by atoms with Crippen LogP contribution in [0.15, 0.2) is 24.3 Å². The lowest BCUT2D eigenvalue weighted by atomic mass is 10.1. The zero-order chi connectivity index (χ0) is 14.3. The third-order valence-corrected chi connectivity index (χ3v) is 3.49. The zero-order valence-corrected chi connectivity index (χ0v) is 12.7. The number of aliphatic hydroxyl groups is 1. The molecule has 0 bridgehead atoms. The lowest BCUT2D eigenvalue weighted by molar-refractivity contribution is -0.122. The van der Waals surface area contributed by atoms with E-state index in [1.54, 1.807) is 11.8 Å². The summed E-state index contributed by atoms with van der Waals surface area (Å²) in [5, 5.41) is 11.9. The van der Waals surface area contributed by atoms with Crippen LogP contribution in [-0.4, -0.2) is 22.3 Å². The maximum absolute atomic E-state index is 11.6. The minimum atomic E-state index is -0.151. The van der Waals surface area contributed by atoms with E-state index < -0.39 is 0 Å². The van der Waals surface area contributed by atoms with E-state index in [1.807, 2.05) is 45.0 Å². The minimum absolute atomic E-state index is 0.0837. The molecule has 19 heavy (non-hydrogen) atoms. The highest BCUT2D eigenvalue weighted by Gasteiger charge is 2.12. The summed E-state index contributed by atoms with van der Waals surface area (Å²) in [5.74, 6) is 1.83. The van der Waals surface area contributed by atoms with Crippen molar-refractivity contribution in [1.82, 2.24) is 5.32 Å². The van der Waals surface area contributed by atoms with Gasteiger partial charge in [0.05, 0.1) is 6.61 Å². The molecule has 1 rings (SSSR count). The average Bonchev–Trinajstić information content (AvgIpc) is 2.33. The molecule has 1 aromatic rings. The summed E-state index contributed by atoms with van der Waals surface area (Å²) in [7, 11) is 0. The summed E-state index contributed by atoms with van der Waals surface area (Å²) in [6.07, 6.45) is 0.552. The van der Waals surface area contributed by atoms with E-state index >= 15 is 0 Å². The van der Waals surface area contributed by atoms with Crippen LogP contribution in [0.5, 0.6) is 0 Å². The number of benzene rings is 1. The van der Waals surface area contributed by atoms with Gasteiger partial charge in [-0.3, -0.25) is 4.79 Å². The molecule has 1 amide bonds. The highest BCUT2D eigenvalue weighted by atomic mass is 32.2. The SMILES string of the molecule is CC(C)(C)NC(=O)CCSCc1ccc(CO)cc1. The van der Waals surface area contributed by atoms with Crippen LogP contribution in [0.25, 0.3) is 0 Å². The average molecular weight is 281 g/mol. The number of carbonyl (C=O) groups is 1. The van der Waals surface area contributed by atoms with Crippen molar-refractivity contribution in [2.45, 2.75) is 45.1 Å². The van der Waals surface area contributed by atoms with E-state index in [0.717, 1.165) is 17.1 Å². The Kier molecular flexibility index (Phi) is 6.38. The third-order valence-electron chi connectivity index (χ3n) is 2.46. The predicted molar refractivity (Wildman–Crippen MR) is 81.0 cm³/mol. The van der Waals surface area contributed by atoms with Crippen LogP contribution >= 0.6 is 11.8 Å². The van der Waals surface area contributed by atoms with Gasteiger partial charge in [0, 0.05) is 23.5 Å². The Hall–Kier alpha value is -1.00. The number of hydrogen-bond acceptors (Lipinski definition) is 3. The van der Waals surface area contributed by atoms with Crippen molar-refractivity contribution in [2.75, 3.05) is 5.75 Å². The summed E-state index contributed by atoms with van der Waals surface area (Å²) in [4.78, 5) is 11.6. The van der Waals surface area contributed by atoms with Gasteiger partial charge in [0.1, 0.15) is 0 Å². The highest BCUT2D eigenvalue weighted by molar-refractivity contribution is 7.98. The lowest BCUT2D eigenvalue weighted by Crippen LogP contribution is -2.40. The van der Waals surface area contributed by atoms with Crippen LogP contribution < -0.4 is 5.32 Å². The van der Waals surface area contributed by atoms with Gasteiger partial charge in [0.25, 0.3) is 0 Å². The number of amides is 1. The van der Waals surface area contributed by atoms with Crippen molar-refractivity contribution in [2.24, 2.45) is 0 Å². The number of nitrogens with one attached hydrogen (secondary N) is 1. The summed E-state index contributed by atoms with van der Waals surface area (Å²) in [6.45, 7) is 6.04. The van der Waals surface area contributed by atoms with Crippen LogP contribution in [0.3, 0.4) is 0 Å². The fourth-order valence-electron chi connectivity index (χ4n) is 1.58. The maximum Gasteiger partial charge on any atom is 0.221 e. The van der Waals surface area contributed by atoms with Gasteiger partial charge >= 0.3 is 0 Å². The molecule has 0 fully saturated rings. The number of rotatable bonds is 6. The second-order valence-electron chi connectivity index (χ2n) is 5.58. The van der Waals surface area contributed by atoms with Crippen LogP contribution in [-0.2, 0) is 17.2 Å². The van der Waals surface area contributed by atoms with Crippen LogP contribution in [0.1, 0.15) is 38.3 Å². The van der Waals surface area contributed by atoms with E-state index in [9.17, 15) is 4.79 Å². The molecule has 0 saturated carbocycles. The molecular weight excluding hydrogens is 258 g/mol. The van der Waals surface area contributed by atoms with Crippen molar-refractivity contribution in [3.63, 3.8) is 0 Å². The van der Waals surface area contributed by atoms with Gasteiger partial charge in [0.15, 0.2) is 0 Å². The first kappa shape index (κ1) is 16.1. The maximum atomic E-state index is 11.6. The van der Waals surface area contributed by atoms with Crippen molar-refractivity contribution in [3.05, 3.63) is 35.4 Å². The summed E-state index contributed by atoms with van der Waals surface area (Å²) < 4.78 is 0. The van der Waals surface area contributed by atoms with Crippen LogP contribution in [0, 0.1) is 0 Å². The number of hydrogen-bond donors (Lipinski definition) is 2. The topological polar surface area (TPSA) is 49.3 Å². The van der Waals surface area contributed by atoms with Gasteiger partial charge in [-0.2, -0.15) is 11.8 Å². The second-order valence-corrected chi connectivity index (χ2v) is 6.68.